The van der Waals surface area contributed by atoms with Gasteiger partial charge in [0.15, 0.2) is 5.78 Å². The first-order valence-electron chi connectivity index (χ1n) is 11.7. The van der Waals surface area contributed by atoms with Crippen LogP contribution >= 0.6 is 0 Å². The number of methoxy groups -OCH3 is 2. The van der Waals surface area contributed by atoms with Gasteiger partial charge in [0, 0.05) is 18.3 Å². The maximum absolute atomic E-state index is 14.0. The highest BCUT2D eigenvalue weighted by Crippen LogP contribution is 2.55. The van der Waals surface area contributed by atoms with Gasteiger partial charge in [-0.15, -0.1) is 0 Å². The van der Waals surface area contributed by atoms with E-state index in [-0.39, 0.29) is 17.8 Å². The first-order valence-corrected chi connectivity index (χ1v) is 11.7. The number of benzene rings is 2. The van der Waals surface area contributed by atoms with Crippen molar-refractivity contribution >= 4 is 12.0 Å². The van der Waals surface area contributed by atoms with E-state index in [9.17, 15) is 4.79 Å². The van der Waals surface area contributed by atoms with Crippen molar-refractivity contribution in [2.45, 2.75) is 43.3 Å². The van der Waals surface area contributed by atoms with Crippen LogP contribution in [0.4, 0.5) is 0 Å². The molecule has 34 heavy (non-hydrogen) atoms. The second-order valence-electron chi connectivity index (χ2n) is 8.97. The molecule has 2 aromatic rings. The monoisotopic (exact) mass is 455 g/mol. The minimum atomic E-state index is -0.866. The summed E-state index contributed by atoms with van der Waals surface area (Å²) in [5.74, 6) is 1.66. The predicted molar refractivity (Wildman–Crippen MR) is 133 cm³/mol. The highest BCUT2D eigenvalue weighted by molar-refractivity contribution is 6.06. The number of carbonyl (C=O) groups excluding carboxylic acids is 1. The Labute approximate surface area is 200 Å². The summed E-state index contributed by atoms with van der Waals surface area (Å²) in [5.41, 5.74) is 3.15. The zero-order valence-corrected chi connectivity index (χ0v) is 19.6. The number of ether oxygens (including phenoxy) is 3. The summed E-state index contributed by atoms with van der Waals surface area (Å²) in [6, 6.07) is 16.0. The first kappa shape index (κ1) is 22.4. The average molecular weight is 456 g/mol. The van der Waals surface area contributed by atoms with Crippen LogP contribution in [-0.4, -0.2) is 31.8 Å². The van der Waals surface area contributed by atoms with Crippen LogP contribution < -0.4 is 9.47 Å². The van der Waals surface area contributed by atoms with Crippen LogP contribution in [0.25, 0.3) is 0 Å². The molecule has 3 unspecified atom stereocenters. The Morgan fingerprint density at radius 2 is 1.68 bits per heavy atom. The Morgan fingerprint density at radius 3 is 2.35 bits per heavy atom. The van der Waals surface area contributed by atoms with Gasteiger partial charge in [0.25, 0.3) is 0 Å². The Morgan fingerprint density at radius 1 is 1.00 bits per heavy atom. The summed E-state index contributed by atoms with van der Waals surface area (Å²) < 4.78 is 17.4. The van der Waals surface area contributed by atoms with Crippen molar-refractivity contribution < 1.29 is 19.0 Å². The van der Waals surface area contributed by atoms with Crippen molar-refractivity contribution in [3.05, 3.63) is 95.2 Å². The number of hydrogen-bond acceptors (Lipinski definition) is 5. The fourth-order valence-electron chi connectivity index (χ4n) is 5.28. The van der Waals surface area contributed by atoms with Crippen molar-refractivity contribution in [3.63, 3.8) is 0 Å². The van der Waals surface area contributed by atoms with Crippen LogP contribution in [0.2, 0.25) is 0 Å². The van der Waals surface area contributed by atoms with Gasteiger partial charge >= 0.3 is 0 Å². The van der Waals surface area contributed by atoms with E-state index in [2.05, 4.69) is 23.2 Å². The van der Waals surface area contributed by atoms with Gasteiger partial charge in [0.1, 0.15) is 17.1 Å². The summed E-state index contributed by atoms with van der Waals surface area (Å²) in [6.07, 6.45) is 12.4. The molecule has 0 N–H and O–H groups in total. The van der Waals surface area contributed by atoms with E-state index >= 15 is 0 Å². The molecule has 2 aliphatic heterocycles. The molecule has 5 nitrogen and oxygen atoms in total. The summed E-state index contributed by atoms with van der Waals surface area (Å²) in [4.78, 5) is 18.2. The van der Waals surface area contributed by atoms with E-state index in [1.807, 2.05) is 54.8 Å². The fraction of sp³-hybridized carbons (Fsp3) is 0.310. The number of Topliss-reactive ketones (excluding diaryl/α,β-unsaturated/α-hetero) is 1. The minimum Gasteiger partial charge on any atom is -0.497 e. The summed E-state index contributed by atoms with van der Waals surface area (Å²) in [6.45, 7) is 0. The molecule has 174 valence electrons. The van der Waals surface area contributed by atoms with Crippen LogP contribution in [0.15, 0.2) is 89.1 Å². The number of nitrogens with zero attached hydrogens (tertiary/aromatic N) is 1. The summed E-state index contributed by atoms with van der Waals surface area (Å²) in [5, 5.41) is 0. The molecular weight excluding hydrogens is 426 g/mol. The molecular formula is C29H29NO4. The van der Waals surface area contributed by atoms with Crippen molar-refractivity contribution in [1.29, 1.82) is 0 Å². The quantitative estimate of drug-likeness (QED) is 0.528. The van der Waals surface area contributed by atoms with Gasteiger partial charge in [-0.2, -0.15) is 0 Å². The number of hydrogen-bond donors (Lipinski definition) is 0. The second kappa shape index (κ2) is 9.43. The molecule has 2 heterocycles. The highest BCUT2D eigenvalue weighted by atomic mass is 16.5. The second-order valence-corrected chi connectivity index (χ2v) is 8.97. The van der Waals surface area contributed by atoms with Gasteiger partial charge in [0.2, 0.25) is 0 Å². The van der Waals surface area contributed by atoms with E-state index in [1.54, 1.807) is 20.4 Å². The van der Waals surface area contributed by atoms with E-state index < -0.39 is 5.60 Å². The maximum atomic E-state index is 14.0. The molecule has 1 saturated carbocycles. The van der Waals surface area contributed by atoms with Gasteiger partial charge in [0.05, 0.1) is 20.3 Å². The largest absolute Gasteiger partial charge is 0.497 e. The Balaban J connectivity index is 1.50. The molecule has 2 aromatic carbocycles. The molecule has 0 bridgehead atoms. The highest BCUT2D eigenvalue weighted by Gasteiger charge is 2.57. The maximum Gasteiger partial charge on any atom is 0.191 e. The van der Waals surface area contributed by atoms with Crippen molar-refractivity contribution in [2.75, 3.05) is 14.2 Å². The number of ketones is 1. The standard InChI is InChI=1S/C29H29NO4/c1-32-24-10-6-21(7-11-24)26-18-23(17-20-5-3-4-16-30-19-20)28(31)29(26)15-14-27(34-29)22-8-12-25(33-2)13-9-22/h3-4,6-13,16-17,19,26-27H,5,14-15,18H2,1-2H3/b23-17+. The van der Waals surface area contributed by atoms with Gasteiger partial charge in [-0.1, -0.05) is 36.4 Å². The molecule has 3 atom stereocenters. The lowest BCUT2D eigenvalue weighted by Gasteiger charge is -2.30. The van der Waals surface area contributed by atoms with Crippen LogP contribution in [0, 0.1) is 0 Å². The third-order valence-corrected chi connectivity index (χ3v) is 7.06. The summed E-state index contributed by atoms with van der Waals surface area (Å²) >= 11 is 0. The molecule has 1 aliphatic carbocycles. The van der Waals surface area contributed by atoms with Gasteiger partial charge in [-0.05, 0) is 78.3 Å². The van der Waals surface area contributed by atoms with Gasteiger partial charge < -0.3 is 14.2 Å². The SMILES string of the molecule is COc1ccc(C2CCC3(O2)C(=O)/C(=C/C2=CN=CC=CC2)CC3c2ccc(OC)cc2)cc1. The van der Waals surface area contributed by atoms with Crippen molar-refractivity contribution in [2.24, 2.45) is 4.99 Å². The van der Waals surface area contributed by atoms with Crippen molar-refractivity contribution in [3.8, 4) is 11.5 Å². The molecule has 2 fully saturated rings. The molecule has 0 radical (unpaired) electrons. The lowest BCUT2D eigenvalue weighted by molar-refractivity contribution is -0.138. The summed E-state index contributed by atoms with van der Waals surface area (Å²) in [7, 11) is 3.32. The van der Waals surface area contributed by atoms with Crippen molar-refractivity contribution in [1.82, 2.24) is 0 Å². The topological polar surface area (TPSA) is 57.1 Å². The van der Waals surface area contributed by atoms with E-state index in [0.717, 1.165) is 46.6 Å². The molecule has 5 heteroatoms. The molecule has 0 aromatic heterocycles. The molecule has 5 rings (SSSR count). The van der Waals surface area contributed by atoms with Crippen LogP contribution in [0.5, 0.6) is 11.5 Å². The normalized spacial score (nSPS) is 27.3. The number of rotatable bonds is 5. The molecule has 3 aliphatic rings. The average Bonchev–Trinajstić information content (AvgIpc) is 3.32. The van der Waals surface area contributed by atoms with Crippen LogP contribution in [0.1, 0.15) is 48.8 Å². The van der Waals surface area contributed by atoms with E-state index in [4.69, 9.17) is 14.2 Å². The first-order chi connectivity index (χ1) is 16.6. The smallest absolute Gasteiger partial charge is 0.191 e. The Bertz CT molecular complexity index is 1170. The number of carbonyl (C=O) groups is 1. The van der Waals surface area contributed by atoms with Crippen LogP contribution in [0.3, 0.4) is 0 Å². The minimum absolute atomic E-state index is 0.0502. The zero-order chi connectivity index (χ0) is 23.5. The lowest BCUT2D eigenvalue weighted by atomic mass is 9.82. The van der Waals surface area contributed by atoms with E-state index in [0.29, 0.717) is 12.8 Å². The number of allylic oxidation sites excluding steroid dienone is 4. The third-order valence-electron chi connectivity index (χ3n) is 7.06. The fourth-order valence-corrected chi connectivity index (χ4v) is 5.28. The Hall–Kier alpha value is -3.44. The predicted octanol–water partition coefficient (Wildman–Crippen LogP) is 5.89. The number of aliphatic imine (C=N–C) groups is 1. The van der Waals surface area contributed by atoms with Crippen LogP contribution in [-0.2, 0) is 9.53 Å². The lowest BCUT2D eigenvalue weighted by Crippen LogP contribution is -2.38. The molecule has 0 amide bonds. The van der Waals surface area contributed by atoms with Gasteiger partial charge in [-0.3, -0.25) is 9.79 Å². The third kappa shape index (κ3) is 4.12. The molecule has 1 spiro atoms. The van der Waals surface area contributed by atoms with E-state index in [1.165, 1.54) is 0 Å². The molecule has 1 saturated heterocycles. The van der Waals surface area contributed by atoms with Gasteiger partial charge in [-0.25, -0.2) is 0 Å². The Kier molecular flexibility index (Phi) is 6.20. The zero-order valence-electron chi connectivity index (χ0n) is 19.6.